The summed E-state index contributed by atoms with van der Waals surface area (Å²) >= 11 is 0. The summed E-state index contributed by atoms with van der Waals surface area (Å²) in [7, 11) is -3.40. The standard InChI is InChI=1S/C15H20N2O2S/c1-2-17(12-14-4-3-5-14)20(18,19)15-8-6-13(7-9-15)10-11-16/h6-9,14H,2-5,10,12H2,1H3. The van der Waals surface area contributed by atoms with Gasteiger partial charge in [0, 0.05) is 13.1 Å². The Morgan fingerprint density at radius 2 is 1.95 bits per heavy atom. The zero-order valence-electron chi connectivity index (χ0n) is 11.7. The van der Waals surface area contributed by atoms with Crippen molar-refractivity contribution >= 4 is 10.0 Å². The summed E-state index contributed by atoms with van der Waals surface area (Å²) in [4.78, 5) is 0.320. The quantitative estimate of drug-likeness (QED) is 0.809. The van der Waals surface area contributed by atoms with Gasteiger partial charge in [0.15, 0.2) is 0 Å². The van der Waals surface area contributed by atoms with Crippen LogP contribution in [0.3, 0.4) is 0 Å². The van der Waals surface area contributed by atoms with Crippen LogP contribution in [0, 0.1) is 17.2 Å². The summed E-state index contributed by atoms with van der Waals surface area (Å²) in [5.41, 5.74) is 0.841. The van der Waals surface area contributed by atoms with Crippen LogP contribution >= 0.6 is 0 Å². The molecule has 1 aliphatic carbocycles. The van der Waals surface area contributed by atoms with E-state index in [0.29, 0.717) is 30.3 Å². The Hall–Kier alpha value is -1.38. The highest BCUT2D eigenvalue weighted by atomic mass is 32.2. The van der Waals surface area contributed by atoms with Gasteiger partial charge in [-0.1, -0.05) is 25.5 Å². The first kappa shape index (κ1) is 15.0. The molecule has 1 aromatic carbocycles. The van der Waals surface area contributed by atoms with Crippen molar-refractivity contribution in [1.82, 2.24) is 4.31 Å². The summed E-state index contributed by atoms with van der Waals surface area (Å²) in [5, 5.41) is 8.63. The smallest absolute Gasteiger partial charge is 0.207 e. The van der Waals surface area contributed by atoms with Crippen molar-refractivity contribution in [2.24, 2.45) is 5.92 Å². The van der Waals surface area contributed by atoms with Gasteiger partial charge in [0.25, 0.3) is 0 Å². The van der Waals surface area contributed by atoms with E-state index in [1.807, 2.05) is 6.92 Å². The molecule has 0 bridgehead atoms. The molecule has 1 saturated carbocycles. The van der Waals surface area contributed by atoms with Crippen LogP contribution in [0.25, 0.3) is 0 Å². The number of rotatable bonds is 6. The highest BCUT2D eigenvalue weighted by Gasteiger charge is 2.28. The molecule has 0 atom stereocenters. The summed E-state index contributed by atoms with van der Waals surface area (Å²) in [6, 6.07) is 8.69. The van der Waals surface area contributed by atoms with Crippen molar-refractivity contribution in [3.05, 3.63) is 29.8 Å². The highest BCUT2D eigenvalue weighted by Crippen LogP contribution is 2.29. The SMILES string of the molecule is CCN(CC1CCC1)S(=O)(=O)c1ccc(CC#N)cc1. The lowest BCUT2D eigenvalue weighted by molar-refractivity contribution is 0.250. The Kier molecular flexibility index (Phi) is 4.79. The molecule has 0 amide bonds. The van der Waals surface area contributed by atoms with Gasteiger partial charge in [0.1, 0.15) is 0 Å². The second-order valence-corrected chi connectivity index (χ2v) is 7.17. The lowest BCUT2D eigenvalue weighted by Crippen LogP contribution is -2.37. The topological polar surface area (TPSA) is 61.2 Å². The van der Waals surface area contributed by atoms with Gasteiger partial charge in [-0.25, -0.2) is 8.42 Å². The number of hydrogen-bond acceptors (Lipinski definition) is 3. The molecule has 0 heterocycles. The molecule has 108 valence electrons. The number of nitrogens with zero attached hydrogens (tertiary/aromatic N) is 2. The zero-order valence-corrected chi connectivity index (χ0v) is 12.6. The summed E-state index contributed by atoms with van der Waals surface area (Å²) in [6.45, 7) is 3.00. The summed E-state index contributed by atoms with van der Waals surface area (Å²) in [5.74, 6) is 0.516. The molecule has 0 N–H and O–H groups in total. The van der Waals surface area contributed by atoms with Gasteiger partial charge in [-0.05, 0) is 36.5 Å². The normalized spacial score (nSPS) is 15.8. The Morgan fingerprint density at radius 3 is 2.40 bits per heavy atom. The van der Waals surface area contributed by atoms with E-state index in [9.17, 15) is 8.42 Å². The molecule has 5 heteroatoms. The minimum atomic E-state index is -3.40. The predicted molar refractivity (Wildman–Crippen MR) is 77.5 cm³/mol. The first-order chi connectivity index (χ1) is 9.57. The Bertz CT molecular complexity index is 583. The lowest BCUT2D eigenvalue weighted by Gasteiger charge is -2.31. The molecule has 1 aliphatic rings. The molecule has 2 rings (SSSR count). The number of sulfonamides is 1. The van der Waals surface area contributed by atoms with E-state index in [0.717, 1.165) is 18.4 Å². The van der Waals surface area contributed by atoms with E-state index in [4.69, 9.17) is 5.26 Å². The second-order valence-electron chi connectivity index (χ2n) is 5.23. The summed E-state index contributed by atoms with van der Waals surface area (Å²) < 4.78 is 26.7. The van der Waals surface area contributed by atoms with Crippen LogP contribution in [0.2, 0.25) is 0 Å². The highest BCUT2D eigenvalue weighted by molar-refractivity contribution is 7.89. The van der Waals surface area contributed by atoms with E-state index >= 15 is 0 Å². The molecule has 0 aliphatic heterocycles. The maximum absolute atomic E-state index is 12.6. The Balaban J connectivity index is 2.16. The first-order valence-electron chi connectivity index (χ1n) is 7.04. The van der Waals surface area contributed by atoms with E-state index in [2.05, 4.69) is 6.07 Å². The molecule has 0 saturated heterocycles. The molecular formula is C15H20N2O2S. The van der Waals surface area contributed by atoms with Crippen LogP contribution in [0.15, 0.2) is 29.2 Å². The molecule has 0 radical (unpaired) electrons. The van der Waals surface area contributed by atoms with Gasteiger partial charge in [0.05, 0.1) is 17.4 Å². The van der Waals surface area contributed by atoms with E-state index in [1.54, 1.807) is 28.6 Å². The molecule has 4 nitrogen and oxygen atoms in total. The molecule has 1 aromatic rings. The fourth-order valence-corrected chi connectivity index (χ4v) is 3.91. The molecular weight excluding hydrogens is 272 g/mol. The third-order valence-corrected chi connectivity index (χ3v) is 5.84. The van der Waals surface area contributed by atoms with Crippen molar-refractivity contribution in [1.29, 1.82) is 5.26 Å². The van der Waals surface area contributed by atoms with Gasteiger partial charge in [0.2, 0.25) is 10.0 Å². The summed E-state index contributed by atoms with van der Waals surface area (Å²) in [6.07, 6.45) is 3.78. The van der Waals surface area contributed by atoms with Crippen LogP contribution < -0.4 is 0 Å². The van der Waals surface area contributed by atoms with Gasteiger partial charge in [-0.15, -0.1) is 0 Å². The maximum Gasteiger partial charge on any atom is 0.243 e. The number of hydrogen-bond donors (Lipinski definition) is 0. The fourth-order valence-electron chi connectivity index (χ4n) is 2.38. The third kappa shape index (κ3) is 3.20. The van der Waals surface area contributed by atoms with E-state index in [-0.39, 0.29) is 0 Å². The van der Waals surface area contributed by atoms with Crippen molar-refractivity contribution in [3.63, 3.8) is 0 Å². The predicted octanol–water partition coefficient (Wildman–Crippen LogP) is 2.56. The second kappa shape index (κ2) is 6.38. The first-order valence-corrected chi connectivity index (χ1v) is 8.48. The van der Waals surface area contributed by atoms with E-state index < -0.39 is 10.0 Å². The monoisotopic (exact) mass is 292 g/mol. The van der Waals surface area contributed by atoms with Crippen LogP contribution in [0.5, 0.6) is 0 Å². The average molecular weight is 292 g/mol. The fraction of sp³-hybridized carbons (Fsp3) is 0.533. The van der Waals surface area contributed by atoms with Crippen LogP contribution in [0.4, 0.5) is 0 Å². The molecule has 0 spiro atoms. The zero-order chi connectivity index (χ0) is 14.6. The van der Waals surface area contributed by atoms with Gasteiger partial charge in [-0.3, -0.25) is 0 Å². The van der Waals surface area contributed by atoms with Gasteiger partial charge >= 0.3 is 0 Å². The number of benzene rings is 1. The van der Waals surface area contributed by atoms with Crippen LogP contribution in [-0.2, 0) is 16.4 Å². The Morgan fingerprint density at radius 1 is 1.30 bits per heavy atom. The van der Waals surface area contributed by atoms with Gasteiger partial charge in [-0.2, -0.15) is 9.57 Å². The number of nitriles is 1. The minimum absolute atomic E-state index is 0.305. The molecule has 0 aromatic heterocycles. The van der Waals surface area contributed by atoms with Crippen molar-refractivity contribution in [2.45, 2.75) is 37.5 Å². The molecule has 1 fully saturated rings. The molecule has 20 heavy (non-hydrogen) atoms. The maximum atomic E-state index is 12.6. The van der Waals surface area contributed by atoms with Crippen molar-refractivity contribution in [3.8, 4) is 6.07 Å². The van der Waals surface area contributed by atoms with Crippen LogP contribution in [-0.4, -0.2) is 25.8 Å². The van der Waals surface area contributed by atoms with Crippen molar-refractivity contribution in [2.75, 3.05) is 13.1 Å². The van der Waals surface area contributed by atoms with Gasteiger partial charge < -0.3 is 0 Å². The van der Waals surface area contributed by atoms with Crippen molar-refractivity contribution < 1.29 is 8.42 Å². The average Bonchev–Trinajstić information content (AvgIpc) is 2.38. The van der Waals surface area contributed by atoms with Crippen LogP contribution in [0.1, 0.15) is 31.7 Å². The molecule has 0 unspecified atom stereocenters. The minimum Gasteiger partial charge on any atom is -0.207 e. The largest absolute Gasteiger partial charge is 0.243 e. The lowest BCUT2D eigenvalue weighted by atomic mass is 9.85. The Labute approximate surface area is 121 Å². The van der Waals surface area contributed by atoms with E-state index in [1.165, 1.54) is 6.42 Å². The third-order valence-electron chi connectivity index (χ3n) is 3.88.